The maximum atomic E-state index is 5.22. The molecule has 1 heterocycles. The molecule has 0 aliphatic heterocycles. The molecule has 0 aliphatic carbocycles. The molecule has 16 rings (SSSR count). The van der Waals surface area contributed by atoms with Crippen molar-refractivity contribution in [1.29, 1.82) is 0 Å². The zero-order valence-corrected chi connectivity index (χ0v) is 48.2. The molecule has 4 heteroatoms. The van der Waals surface area contributed by atoms with Crippen LogP contribution < -0.4 is 9.80 Å². The van der Waals surface area contributed by atoms with Crippen molar-refractivity contribution in [2.45, 2.75) is 6.54 Å². The van der Waals surface area contributed by atoms with Crippen LogP contribution in [0.3, 0.4) is 0 Å². The number of fused-ring (bicyclic) bond motifs is 5. The van der Waals surface area contributed by atoms with Crippen LogP contribution in [-0.2, 0) is 6.54 Å². The lowest BCUT2D eigenvalue weighted by Gasteiger charge is -2.27. The molecule has 0 spiro atoms. The molecule has 0 bridgehead atoms. The van der Waals surface area contributed by atoms with Gasteiger partial charge in [-0.25, -0.2) is 4.98 Å². The summed E-state index contributed by atoms with van der Waals surface area (Å²) in [7, 11) is 0. The van der Waals surface area contributed by atoms with Crippen LogP contribution in [0, 0.1) is 12.1 Å². The van der Waals surface area contributed by atoms with Gasteiger partial charge in [-0.3, -0.25) is 4.57 Å². The summed E-state index contributed by atoms with van der Waals surface area (Å²) in [6.45, 7) is 0.721. The number of para-hydroxylation sites is 4. The number of nitrogens with zero attached hydrogens (tertiary/aromatic N) is 4. The van der Waals surface area contributed by atoms with Crippen LogP contribution in [0.15, 0.2) is 328 Å². The predicted octanol–water partition coefficient (Wildman–Crippen LogP) is 22.4. The summed E-state index contributed by atoms with van der Waals surface area (Å²) in [6, 6.07) is 125. The molecule has 0 saturated heterocycles. The van der Waals surface area contributed by atoms with E-state index in [4.69, 9.17) is 4.98 Å². The van der Waals surface area contributed by atoms with Crippen molar-refractivity contribution in [3.63, 3.8) is 0 Å². The van der Waals surface area contributed by atoms with Crippen LogP contribution in [-0.4, -0.2) is 9.55 Å². The Morgan fingerprint density at radius 3 is 1.27 bits per heavy atom. The molecule has 0 N–H and O–H groups in total. The molecule has 4 nitrogen and oxygen atoms in total. The average Bonchev–Trinajstić information content (AvgIpc) is 0.971. The van der Waals surface area contributed by atoms with E-state index in [9.17, 15) is 0 Å². The van der Waals surface area contributed by atoms with E-state index < -0.39 is 0 Å². The Morgan fingerprint density at radius 1 is 0.307 bits per heavy atom. The molecule has 0 radical (unpaired) electrons. The Hall–Kier alpha value is -11.8. The van der Waals surface area contributed by atoms with Crippen LogP contribution in [0.5, 0.6) is 0 Å². The van der Waals surface area contributed by atoms with Crippen molar-refractivity contribution in [2.75, 3.05) is 9.80 Å². The summed E-state index contributed by atoms with van der Waals surface area (Å²) >= 11 is 0. The first-order chi connectivity index (χ1) is 43.7. The Morgan fingerprint density at radius 2 is 0.716 bits per heavy atom. The zero-order chi connectivity index (χ0) is 58.3. The first-order valence-corrected chi connectivity index (χ1v) is 30.1. The number of aromatic nitrogens is 2. The molecule has 0 atom stereocenters. The lowest BCUT2D eigenvalue weighted by Crippen LogP contribution is -2.16. The van der Waals surface area contributed by atoms with Crippen LogP contribution in [0.4, 0.5) is 28.4 Å². The fourth-order valence-electron chi connectivity index (χ4n) is 13.4. The third kappa shape index (κ3) is 9.27. The number of benzene rings is 14. The zero-order valence-electron chi connectivity index (χ0n) is 48.2. The molecule has 0 aliphatic rings. The van der Waals surface area contributed by atoms with Crippen LogP contribution >= 0.6 is 0 Å². The summed E-state index contributed by atoms with van der Waals surface area (Å²) in [5, 5.41) is 9.44. The van der Waals surface area contributed by atoms with E-state index in [1.165, 1.54) is 70.9 Å². The maximum Gasteiger partial charge on any atom is 0.146 e. The van der Waals surface area contributed by atoms with Crippen LogP contribution in [0.2, 0.25) is 0 Å². The van der Waals surface area contributed by atoms with Gasteiger partial charge in [0.25, 0.3) is 0 Å². The molecule has 1 aromatic heterocycles. The van der Waals surface area contributed by atoms with E-state index in [-0.39, 0.29) is 0 Å². The second kappa shape index (κ2) is 22.3. The number of hydrogen-bond acceptors (Lipinski definition) is 3. The van der Waals surface area contributed by atoms with Crippen molar-refractivity contribution in [3.05, 3.63) is 345 Å². The summed E-state index contributed by atoms with van der Waals surface area (Å²) < 4.78 is 2.24. The minimum absolute atomic E-state index is 0.721. The molecule has 88 heavy (non-hydrogen) atoms. The highest BCUT2D eigenvalue weighted by Gasteiger charge is 2.24. The van der Waals surface area contributed by atoms with Crippen molar-refractivity contribution >= 4 is 82.6 Å². The molecule has 0 fully saturated rings. The van der Waals surface area contributed by atoms with E-state index in [2.05, 4.69) is 348 Å². The van der Waals surface area contributed by atoms with Gasteiger partial charge in [0.2, 0.25) is 0 Å². The van der Waals surface area contributed by atoms with Crippen molar-refractivity contribution in [1.82, 2.24) is 9.55 Å². The monoisotopic (exact) mass is 1120 g/mol. The van der Waals surface area contributed by atoms with Crippen molar-refractivity contribution in [2.24, 2.45) is 0 Å². The molecule has 15 aromatic carbocycles. The van der Waals surface area contributed by atoms with E-state index in [1.54, 1.807) is 0 Å². The second-order valence-electron chi connectivity index (χ2n) is 22.4. The molecular weight excluding hydrogens is 1060 g/mol. The van der Waals surface area contributed by atoms with Gasteiger partial charge in [-0.05, 0) is 196 Å². The summed E-state index contributed by atoms with van der Waals surface area (Å²) in [4.78, 5) is 10.0. The van der Waals surface area contributed by atoms with Gasteiger partial charge in [-0.1, -0.05) is 237 Å². The van der Waals surface area contributed by atoms with E-state index >= 15 is 0 Å². The summed E-state index contributed by atoms with van der Waals surface area (Å²) in [6.07, 6.45) is 0. The van der Waals surface area contributed by atoms with Gasteiger partial charge in [0, 0.05) is 46.2 Å². The first-order valence-electron chi connectivity index (χ1n) is 30.1. The fourth-order valence-corrected chi connectivity index (χ4v) is 13.4. The van der Waals surface area contributed by atoms with Crippen molar-refractivity contribution in [3.8, 4) is 61.6 Å². The number of rotatable bonds is 13. The Kier molecular flexibility index (Phi) is 13.2. The number of imidazole rings is 1. The third-order valence-corrected chi connectivity index (χ3v) is 17.2. The maximum absolute atomic E-state index is 5.22. The number of anilines is 5. The third-order valence-electron chi connectivity index (χ3n) is 17.2. The van der Waals surface area contributed by atoms with Gasteiger partial charge in [-0.15, -0.1) is 0 Å². The second-order valence-corrected chi connectivity index (χ2v) is 22.4. The molecule has 0 amide bonds. The quantitative estimate of drug-likeness (QED) is 0.108. The molecule has 0 saturated carbocycles. The van der Waals surface area contributed by atoms with Gasteiger partial charge >= 0.3 is 0 Å². The summed E-state index contributed by atoms with van der Waals surface area (Å²) in [5.74, 6) is 0.855. The highest BCUT2D eigenvalue weighted by Crippen LogP contribution is 2.50. The van der Waals surface area contributed by atoms with Gasteiger partial charge in [0.1, 0.15) is 11.3 Å². The van der Waals surface area contributed by atoms with Gasteiger partial charge in [0.15, 0.2) is 0 Å². The lowest BCUT2D eigenvalue weighted by molar-refractivity contribution is 0.976. The highest BCUT2D eigenvalue weighted by molar-refractivity contribution is 6.25. The molecular formula is C84H56N4. The topological polar surface area (TPSA) is 24.3 Å². The Balaban J connectivity index is 0.930. The minimum atomic E-state index is 0.721. The molecule has 0 unspecified atom stereocenters. The standard InChI is InChI=1S/C84H56N4/c1-6-27-58(28-7-1)57-86(64-33-8-2-9-34-64)68-41-25-30-60(54-68)81-74-47-20-21-48-75(74)83(61-31-26-42-69(55-61)87(65-35-10-3-11-36-65)66-37-12-4-13-38-66)77-56-62(51-52-76(77)81)82-72-45-18-16-43-70(72)80(71-44-17-19-46-73(71)82)59-29-24-32-63(53-59)84-85-78-49-22-23-50-79(78)88(84)67-39-14-5-15-40-67/h1-21,23-48,50-56H,57H2. The number of hydrogen-bond donors (Lipinski definition) is 0. The smallest absolute Gasteiger partial charge is 0.146 e. The lowest BCUT2D eigenvalue weighted by atomic mass is 9.82. The SMILES string of the molecule is c1ccc2c(c#1)nc(-c1cccc(-c3c4ccccc4c(-c4ccc5c(-c6cccc(N(Cc7ccccc7)c7ccccc7)c6)c6ccccc6c(-c6cccc(N(c7ccccc7)c7ccccc7)c6)c5c4)c4ccccc34)c1)n2-c1ccccc1. The van der Waals surface area contributed by atoms with E-state index in [0.717, 1.165) is 85.3 Å². The van der Waals surface area contributed by atoms with Gasteiger partial charge in [-0.2, -0.15) is 0 Å². The van der Waals surface area contributed by atoms with Crippen LogP contribution in [0.25, 0.3) is 116 Å². The van der Waals surface area contributed by atoms with Crippen molar-refractivity contribution < 1.29 is 0 Å². The minimum Gasteiger partial charge on any atom is -0.337 e. The van der Waals surface area contributed by atoms with Crippen LogP contribution in [0.1, 0.15) is 5.56 Å². The van der Waals surface area contributed by atoms with Gasteiger partial charge in [0.05, 0.1) is 5.52 Å². The normalized spacial score (nSPS) is 11.4. The summed E-state index contributed by atoms with van der Waals surface area (Å²) in [5.41, 5.74) is 19.9. The van der Waals surface area contributed by atoms with E-state index in [0.29, 0.717) is 0 Å². The molecule has 412 valence electrons. The predicted molar refractivity (Wildman–Crippen MR) is 369 cm³/mol. The first kappa shape index (κ1) is 51.8. The Labute approximate surface area is 512 Å². The molecule has 16 aromatic rings. The van der Waals surface area contributed by atoms with Gasteiger partial charge < -0.3 is 9.80 Å². The Bertz CT molecular complexity index is 5140. The highest BCUT2D eigenvalue weighted by atomic mass is 15.1. The van der Waals surface area contributed by atoms with E-state index in [1.807, 2.05) is 6.07 Å². The fraction of sp³-hybridized carbons (Fsp3) is 0.0119. The largest absolute Gasteiger partial charge is 0.337 e. The average molecular weight is 1120 g/mol.